The number of carbonyl (C=O) groups excluding carboxylic acids is 1. The fraction of sp³-hybridized carbons (Fsp3) is 0.429. The molecule has 1 aliphatic rings. The van der Waals surface area contributed by atoms with Gasteiger partial charge in [0.15, 0.2) is 5.76 Å². The van der Waals surface area contributed by atoms with E-state index in [2.05, 4.69) is 9.64 Å². The molecule has 0 bridgehead atoms. The first kappa shape index (κ1) is 22.7. The molecule has 1 atom stereocenters. The second kappa shape index (κ2) is 9.42. The van der Waals surface area contributed by atoms with E-state index in [1.807, 2.05) is 0 Å². The number of aromatic hydroxyl groups is 1. The Morgan fingerprint density at radius 2 is 1.84 bits per heavy atom. The van der Waals surface area contributed by atoms with Crippen LogP contribution in [0, 0.1) is 0 Å². The number of benzene rings is 1. The lowest BCUT2D eigenvalue weighted by Crippen LogP contribution is -2.29. The number of hydrogen-bond donors (Lipinski definition) is 2. The van der Waals surface area contributed by atoms with E-state index in [0.717, 1.165) is 44.5 Å². The molecule has 1 amide bonds. The van der Waals surface area contributed by atoms with Crippen LogP contribution in [-0.2, 0) is 11.3 Å². The molecule has 3 N–H and O–H groups in total. The third-order valence-electron chi connectivity index (χ3n) is 5.07. The maximum absolute atomic E-state index is 12.4. The molecule has 2 heterocycles. The summed E-state index contributed by atoms with van der Waals surface area (Å²) in [7, 11) is 0. The van der Waals surface area contributed by atoms with E-state index in [1.54, 1.807) is 0 Å². The molecule has 0 spiro atoms. The van der Waals surface area contributed by atoms with Crippen molar-refractivity contribution in [1.82, 2.24) is 4.90 Å². The van der Waals surface area contributed by atoms with E-state index in [9.17, 15) is 27.9 Å². The van der Waals surface area contributed by atoms with Crippen LogP contribution in [0.15, 0.2) is 39.5 Å². The first-order valence-electron chi connectivity index (χ1n) is 9.84. The molecule has 31 heavy (non-hydrogen) atoms. The molecule has 1 saturated heterocycles. The summed E-state index contributed by atoms with van der Waals surface area (Å²) in [4.78, 5) is 26.1. The van der Waals surface area contributed by atoms with E-state index in [1.165, 1.54) is 18.2 Å². The number of primary amides is 1. The molecule has 7 nitrogen and oxygen atoms in total. The third-order valence-corrected chi connectivity index (χ3v) is 5.07. The molecule has 0 unspecified atom stereocenters. The first-order valence-corrected chi connectivity index (χ1v) is 9.84. The van der Waals surface area contributed by atoms with Crippen LogP contribution in [0.3, 0.4) is 0 Å². The summed E-state index contributed by atoms with van der Waals surface area (Å²) in [5.41, 5.74) is 5.00. The van der Waals surface area contributed by atoms with Gasteiger partial charge in [0.1, 0.15) is 11.5 Å². The van der Waals surface area contributed by atoms with E-state index in [0.29, 0.717) is 17.9 Å². The number of hydrogen-bond acceptors (Lipinski definition) is 6. The average Bonchev–Trinajstić information content (AvgIpc) is 2.69. The van der Waals surface area contributed by atoms with Crippen molar-refractivity contribution in [1.29, 1.82) is 0 Å². The number of alkyl halides is 3. The average molecular weight is 440 g/mol. The monoisotopic (exact) mass is 440 g/mol. The zero-order valence-corrected chi connectivity index (χ0v) is 16.7. The minimum atomic E-state index is -4.85. The van der Waals surface area contributed by atoms with Crippen LogP contribution in [0.4, 0.5) is 13.2 Å². The zero-order chi connectivity index (χ0) is 22.6. The maximum Gasteiger partial charge on any atom is 0.573 e. The first-order chi connectivity index (χ1) is 14.6. The van der Waals surface area contributed by atoms with Crippen LogP contribution < -0.4 is 15.9 Å². The number of rotatable bonds is 7. The van der Waals surface area contributed by atoms with Gasteiger partial charge in [0.25, 0.3) is 0 Å². The van der Waals surface area contributed by atoms with Gasteiger partial charge in [-0.25, -0.2) is 0 Å². The number of nitrogens with zero attached hydrogens (tertiary/aromatic N) is 1. The van der Waals surface area contributed by atoms with Crippen molar-refractivity contribution in [3.8, 4) is 11.5 Å². The van der Waals surface area contributed by atoms with Crippen LogP contribution in [0.25, 0.3) is 0 Å². The Hall–Kier alpha value is -3.01. The molecule has 1 aliphatic heterocycles. The molecular weight excluding hydrogens is 417 g/mol. The van der Waals surface area contributed by atoms with Gasteiger partial charge in [-0.05, 0) is 43.6 Å². The van der Waals surface area contributed by atoms with Gasteiger partial charge in [0.2, 0.25) is 17.1 Å². The molecule has 0 radical (unpaired) electrons. The largest absolute Gasteiger partial charge is 0.573 e. The summed E-state index contributed by atoms with van der Waals surface area (Å²) in [6.45, 7) is 2.07. The Bertz CT molecular complexity index is 966. The summed E-state index contributed by atoms with van der Waals surface area (Å²) in [6.07, 6.45) is -1.96. The SMILES string of the molecule is NC(=O)C[C@@H](c1ccc(OC(F)(F)F)cc1)c1oc(CN2CCCCC2)cc(=O)c1O. The minimum absolute atomic E-state index is 0.150. The third kappa shape index (κ3) is 6.24. The van der Waals surface area contributed by atoms with E-state index >= 15 is 0 Å². The van der Waals surface area contributed by atoms with Crippen molar-refractivity contribution >= 4 is 5.91 Å². The Balaban J connectivity index is 1.94. The van der Waals surface area contributed by atoms with Crippen LogP contribution in [0.5, 0.6) is 11.5 Å². The summed E-state index contributed by atoms with van der Waals surface area (Å²) < 4.78 is 46.9. The van der Waals surface area contributed by atoms with Crippen molar-refractivity contribution in [3.63, 3.8) is 0 Å². The lowest BCUT2D eigenvalue weighted by molar-refractivity contribution is -0.274. The van der Waals surface area contributed by atoms with Crippen molar-refractivity contribution in [2.24, 2.45) is 5.73 Å². The molecule has 0 saturated carbocycles. The number of amides is 1. The number of ether oxygens (including phenoxy) is 1. The van der Waals surface area contributed by atoms with E-state index in [4.69, 9.17) is 10.2 Å². The standard InChI is InChI=1S/C21H23F3N2O5/c22-21(23,24)31-14-6-4-13(5-7-14)16(11-18(25)28)20-19(29)17(27)10-15(30-20)12-26-8-2-1-3-9-26/h4-7,10,16,29H,1-3,8-9,11-12H2,(H2,25,28)/t16-/m0/s1. The Labute approximate surface area is 176 Å². The predicted octanol–water partition coefficient (Wildman–Crippen LogP) is 3.24. The summed E-state index contributed by atoms with van der Waals surface area (Å²) in [5, 5.41) is 10.3. The summed E-state index contributed by atoms with van der Waals surface area (Å²) in [6, 6.07) is 5.94. The smallest absolute Gasteiger partial charge is 0.502 e. The fourth-order valence-corrected chi connectivity index (χ4v) is 3.67. The summed E-state index contributed by atoms with van der Waals surface area (Å²) >= 11 is 0. The number of halogens is 3. The highest BCUT2D eigenvalue weighted by molar-refractivity contribution is 5.75. The molecule has 168 valence electrons. The lowest BCUT2D eigenvalue weighted by Gasteiger charge is -2.26. The predicted molar refractivity (Wildman–Crippen MR) is 105 cm³/mol. The van der Waals surface area contributed by atoms with Gasteiger partial charge < -0.3 is 20.0 Å². The minimum Gasteiger partial charge on any atom is -0.502 e. The highest BCUT2D eigenvalue weighted by Gasteiger charge is 2.31. The van der Waals surface area contributed by atoms with Gasteiger partial charge in [-0.15, -0.1) is 13.2 Å². The van der Waals surface area contributed by atoms with Crippen molar-refractivity contribution in [2.75, 3.05) is 13.1 Å². The number of piperidine rings is 1. The van der Waals surface area contributed by atoms with Gasteiger partial charge >= 0.3 is 6.36 Å². The van der Waals surface area contributed by atoms with Crippen LogP contribution in [0.2, 0.25) is 0 Å². The Morgan fingerprint density at radius 1 is 1.19 bits per heavy atom. The molecule has 1 fully saturated rings. The number of nitrogens with two attached hydrogens (primary N) is 1. The maximum atomic E-state index is 12.4. The molecule has 3 rings (SSSR count). The topological polar surface area (TPSA) is 106 Å². The fourth-order valence-electron chi connectivity index (χ4n) is 3.67. The van der Waals surface area contributed by atoms with Gasteiger partial charge in [-0.3, -0.25) is 14.5 Å². The molecule has 1 aromatic heterocycles. The Kier molecular flexibility index (Phi) is 6.89. The van der Waals surface area contributed by atoms with Crippen molar-refractivity contribution < 1.29 is 32.2 Å². The zero-order valence-electron chi connectivity index (χ0n) is 16.7. The van der Waals surface area contributed by atoms with Gasteiger partial charge in [-0.2, -0.15) is 0 Å². The highest BCUT2D eigenvalue weighted by Crippen LogP contribution is 2.34. The number of carbonyl (C=O) groups is 1. The second-order valence-electron chi connectivity index (χ2n) is 7.47. The quantitative estimate of drug-likeness (QED) is 0.685. The second-order valence-corrected chi connectivity index (χ2v) is 7.47. The van der Waals surface area contributed by atoms with E-state index < -0.39 is 35.1 Å². The van der Waals surface area contributed by atoms with Crippen LogP contribution in [-0.4, -0.2) is 35.4 Å². The molecule has 10 heteroatoms. The number of likely N-dealkylation sites (tertiary alicyclic amines) is 1. The highest BCUT2D eigenvalue weighted by atomic mass is 19.4. The van der Waals surface area contributed by atoms with Crippen LogP contribution >= 0.6 is 0 Å². The Morgan fingerprint density at radius 3 is 2.42 bits per heavy atom. The van der Waals surface area contributed by atoms with Gasteiger partial charge in [0, 0.05) is 12.5 Å². The van der Waals surface area contributed by atoms with Gasteiger partial charge in [-0.1, -0.05) is 18.6 Å². The lowest BCUT2D eigenvalue weighted by atomic mass is 9.92. The van der Waals surface area contributed by atoms with E-state index in [-0.39, 0.29) is 12.2 Å². The van der Waals surface area contributed by atoms with Crippen LogP contribution in [0.1, 0.15) is 48.7 Å². The molecular formula is C21H23F3N2O5. The normalized spacial score (nSPS) is 16.1. The molecule has 0 aliphatic carbocycles. The molecule has 2 aromatic rings. The van der Waals surface area contributed by atoms with Crippen molar-refractivity contribution in [3.05, 3.63) is 57.6 Å². The summed E-state index contributed by atoms with van der Waals surface area (Å²) in [5.74, 6) is -2.62. The molecule has 1 aromatic carbocycles. The van der Waals surface area contributed by atoms with Gasteiger partial charge in [0.05, 0.1) is 12.5 Å². The van der Waals surface area contributed by atoms with Crippen molar-refractivity contribution in [2.45, 2.75) is 44.5 Å².